The van der Waals surface area contributed by atoms with Gasteiger partial charge < -0.3 is 20.4 Å². The summed E-state index contributed by atoms with van der Waals surface area (Å²) in [5, 5.41) is 10.6. The number of hydrogen-bond acceptors (Lipinski definition) is 6. The molecule has 0 radical (unpaired) electrons. The van der Waals surface area contributed by atoms with E-state index in [0.29, 0.717) is 12.1 Å². The molecule has 1 unspecified atom stereocenters. The highest BCUT2D eigenvalue weighted by atomic mass is 16.2. The maximum Gasteiger partial charge on any atom is 0.273 e. The van der Waals surface area contributed by atoms with E-state index in [1.165, 1.54) is 5.69 Å². The summed E-state index contributed by atoms with van der Waals surface area (Å²) in [6.45, 7) is 12.1. The Morgan fingerprint density at radius 1 is 1.00 bits per heavy atom. The Hall–Kier alpha value is -4.76. The Kier molecular flexibility index (Phi) is 8.29. The number of fused-ring (bicyclic) bond motifs is 1. The van der Waals surface area contributed by atoms with Gasteiger partial charge in [0.15, 0.2) is 0 Å². The molecule has 2 amide bonds. The van der Waals surface area contributed by atoms with Crippen molar-refractivity contribution in [1.82, 2.24) is 14.7 Å². The van der Waals surface area contributed by atoms with E-state index in [9.17, 15) is 9.59 Å². The van der Waals surface area contributed by atoms with Crippen LogP contribution in [0.1, 0.15) is 59.6 Å². The lowest BCUT2D eigenvalue weighted by atomic mass is 9.96. The topological polar surface area (TPSA) is 94.9 Å². The molecule has 3 aromatic carbocycles. The minimum Gasteiger partial charge on any atom is -0.369 e. The van der Waals surface area contributed by atoms with Crippen LogP contribution in [-0.2, 0) is 16.8 Å². The summed E-state index contributed by atoms with van der Waals surface area (Å²) >= 11 is 0. The van der Waals surface area contributed by atoms with Gasteiger partial charge in [-0.2, -0.15) is 5.10 Å². The third kappa shape index (κ3) is 6.83. The summed E-state index contributed by atoms with van der Waals surface area (Å²) < 4.78 is 1.77. The van der Waals surface area contributed by atoms with Crippen LogP contribution >= 0.6 is 0 Å². The third-order valence-electron chi connectivity index (χ3n) is 8.37. The largest absolute Gasteiger partial charge is 0.369 e. The van der Waals surface area contributed by atoms with E-state index in [1.54, 1.807) is 10.9 Å². The molecule has 232 valence electrons. The standard InChI is InChI=1S/C36H41N7O2/c1-24-19-33(43(40-24)36(2,3)4)35(45)38-28-8-6-7-25(21-28)20-26-9-14-32-30(22-26)31(34(44)39-32)23-37-27-10-12-29(13-11-27)42-17-15-41(5)16-18-42/h6-14,19,21-23,31H,15-18,20H2,1-5H3,(H,38,45)(H,39,44). The monoisotopic (exact) mass is 603 g/mol. The summed E-state index contributed by atoms with van der Waals surface area (Å²) in [4.78, 5) is 35.5. The van der Waals surface area contributed by atoms with Crippen LogP contribution in [0.5, 0.6) is 0 Å². The van der Waals surface area contributed by atoms with Gasteiger partial charge in [-0.15, -0.1) is 0 Å². The van der Waals surface area contributed by atoms with Gasteiger partial charge in [0, 0.05) is 49.5 Å². The molecule has 9 heteroatoms. The number of aliphatic imine (C=N–C) groups is 1. The quantitative estimate of drug-likeness (QED) is 0.254. The summed E-state index contributed by atoms with van der Waals surface area (Å²) in [7, 11) is 2.15. The average Bonchev–Trinajstić information content (AvgIpc) is 3.56. The Morgan fingerprint density at radius 3 is 2.47 bits per heavy atom. The first kappa shape index (κ1) is 30.3. The number of aromatic nitrogens is 2. The fraction of sp³-hybridized carbons (Fsp3) is 0.333. The molecule has 45 heavy (non-hydrogen) atoms. The molecule has 2 N–H and O–H groups in total. The second-order valence-electron chi connectivity index (χ2n) is 13.1. The van der Waals surface area contributed by atoms with Gasteiger partial charge in [-0.1, -0.05) is 24.3 Å². The molecule has 1 fully saturated rings. The van der Waals surface area contributed by atoms with Crippen molar-refractivity contribution in [3.8, 4) is 0 Å². The number of piperazine rings is 1. The van der Waals surface area contributed by atoms with E-state index < -0.39 is 5.92 Å². The molecular weight excluding hydrogens is 562 g/mol. The highest BCUT2D eigenvalue weighted by molar-refractivity contribution is 6.12. The highest BCUT2D eigenvalue weighted by Gasteiger charge is 2.29. The SMILES string of the molecule is Cc1cc(C(=O)Nc2cccc(Cc3ccc4c(c3)C(C=Nc3ccc(N5CCN(C)CC5)cc3)C(=O)N4)c2)n(C(C)(C)C)n1. The summed E-state index contributed by atoms with van der Waals surface area (Å²) in [5.74, 6) is -0.728. The van der Waals surface area contributed by atoms with Gasteiger partial charge in [-0.25, -0.2) is 0 Å². The first-order chi connectivity index (χ1) is 21.5. The van der Waals surface area contributed by atoms with Crippen LogP contribution in [0.15, 0.2) is 77.8 Å². The van der Waals surface area contributed by atoms with Gasteiger partial charge in [-0.3, -0.25) is 19.3 Å². The number of nitrogens with zero attached hydrogens (tertiary/aromatic N) is 5. The Bertz CT molecular complexity index is 1740. The van der Waals surface area contributed by atoms with Crippen molar-refractivity contribution in [3.05, 3.63) is 101 Å². The van der Waals surface area contributed by atoms with Crippen LogP contribution in [0.3, 0.4) is 0 Å². The maximum atomic E-state index is 13.2. The second-order valence-corrected chi connectivity index (χ2v) is 13.1. The summed E-state index contributed by atoms with van der Waals surface area (Å²) in [5.41, 5.74) is 7.62. The van der Waals surface area contributed by atoms with Crippen LogP contribution in [0.25, 0.3) is 0 Å². The van der Waals surface area contributed by atoms with Crippen LogP contribution in [0.2, 0.25) is 0 Å². The number of carbonyl (C=O) groups is 2. The van der Waals surface area contributed by atoms with Crippen molar-refractivity contribution in [3.63, 3.8) is 0 Å². The molecule has 0 saturated carbocycles. The Morgan fingerprint density at radius 2 is 1.73 bits per heavy atom. The van der Waals surface area contributed by atoms with Crippen molar-refractivity contribution in [2.24, 2.45) is 4.99 Å². The maximum absolute atomic E-state index is 13.2. The van der Waals surface area contributed by atoms with Gasteiger partial charge >= 0.3 is 0 Å². The predicted octanol–water partition coefficient (Wildman–Crippen LogP) is 5.98. The van der Waals surface area contributed by atoms with E-state index >= 15 is 0 Å². The van der Waals surface area contributed by atoms with Gasteiger partial charge in [0.05, 0.1) is 16.9 Å². The van der Waals surface area contributed by atoms with Crippen molar-refractivity contribution in [1.29, 1.82) is 0 Å². The molecule has 4 aromatic rings. The zero-order chi connectivity index (χ0) is 31.7. The molecule has 0 spiro atoms. The smallest absolute Gasteiger partial charge is 0.273 e. The molecule has 0 bridgehead atoms. The number of benzene rings is 3. The lowest BCUT2D eigenvalue weighted by molar-refractivity contribution is -0.115. The normalized spacial score (nSPS) is 17.0. The number of aryl methyl sites for hydroxylation is 1. The Balaban J connectivity index is 1.14. The fourth-order valence-corrected chi connectivity index (χ4v) is 5.93. The number of carbonyl (C=O) groups excluding carboxylic acids is 2. The number of amides is 2. The van der Waals surface area contributed by atoms with E-state index in [4.69, 9.17) is 0 Å². The lowest BCUT2D eigenvalue weighted by Gasteiger charge is -2.34. The molecule has 9 nitrogen and oxygen atoms in total. The first-order valence-corrected chi connectivity index (χ1v) is 15.5. The molecule has 6 rings (SSSR count). The number of anilines is 3. The Labute approximate surface area is 265 Å². The summed E-state index contributed by atoms with van der Waals surface area (Å²) in [6.07, 6.45) is 2.40. The van der Waals surface area contributed by atoms with Gasteiger partial charge in [-0.05, 0) is 106 Å². The average molecular weight is 604 g/mol. The minimum absolute atomic E-state index is 0.0746. The number of hydrogen-bond donors (Lipinski definition) is 2. The molecule has 1 saturated heterocycles. The third-order valence-corrected chi connectivity index (χ3v) is 8.37. The number of likely N-dealkylation sites (N-methyl/N-ethyl adjacent to an activating group) is 1. The molecule has 3 heterocycles. The fourth-order valence-electron chi connectivity index (χ4n) is 5.93. The minimum atomic E-state index is -0.459. The van der Waals surface area contributed by atoms with Crippen LogP contribution in [0.4, 0.5) is 22.7 Å². The van der Waals surface area contributed by atoms with Crippen LogP contribution in [-0.4, -0.2) is 65.9 Å². The number of nitrogens with one attached hydrogen (secondary N) is 2. The van der Waals surface area contributed by atoms with E-state index in [2.05, 4.69) is 55.8 Å². The van der Waals surface area contributed by atoms with Crippen molar-refractivity contribution < 1.29 is 9.59 Å². The molecular formula is C36H41N7O2. The lowest BCUT2D eigenvalue weighted by Crippen LogP contribution is -2.44. The van der Waals surface area contributed by atoms with Crippen LogP contribution < -0.4 is 15.5 Å². The second kappa shape index (κ2) is 12.3. The van der Waals surface area contributed by atoms with Gasteiger partial charge in [0.25, 0.3) is 5.91 Å². The first-order valence-electron chi connectivity index (χ1n) is 15.5. The summed E-state index contributed by atoms with van der Waals surface area (Å²) in [6, 6.07) is 24.0. The predicted molar refractivity (Wildman–Crippen MR) is 181 cm³/mol. The highest BCUT2D eigenvalue weighted by Crippen LogP contribution is 2.34. The van der Waals surface area contributed by atoms with Crippen LogP contribution in [0, 0.1) is 6.92 Å². The van der Waals surface area contributed by atoms with Crippen molar-refractivity contribution >= 4 is 40.8 Å². The van der Waals surface area contributed by atoms with Crippen molar-refractivity contribution in [2.45, 2.75) is 45.6 Å². The molecule has 1 atom stereocenters. The van der Waals surface area contributed by atoms with Gasteiger partial charge in [0.1, 0.15) is 11.6 Å². The zero-order valence-corrected chi connectivity index (χ0v) is 26.7. The molecule has 2 aliphatic heterocycles. The van der Waals surface area contributed by atoms with E-state index in [0.717, 1.165) is 65.6 Å². The van der Waals surface area contributed by atoms with Crippen molar-refractivity contribution in [2.75, 3.05) is 48.8 Å². The van der Waals surface area contributed by atoms with E-state index in [1.807, 2.05) is 82.3 Å². The molecule has 2 aliphatic rings. The molecule has 1 aromatic heterocycles. The molecule has 0 aliphatic carbocycles. The zero-order valence-electron chi connectivity index (χ0n) is 26.7. The number of rotatable bonds is 7. The van der Waals surface area contributed by atoms with E-state index in [-0.39, 0.29) is 17.4 Å². The van der Waals surface area contributed by atoms with Gasteiger partial charge in [0.2, 0.25) is 5.91 Å².